The van der Waals surface area contributed by atoms with Gasteiger partial charge >= 0.3 is 0 Å². The van der Waals surface area contributed by atoms with E-state index in [4.69, 9.17) is 9.84 Å². The highest BCUT2D eigenvalue weighted by Crippen LogP contribution is 2.23. The molecule has 4 heteroatoms. The molecule has 1 aromatic heterocycles. The van der Waals surface area contributed by atoms with Crippen LogP contribution >= 0.6 is 11.3 Å². The van der Waals surface area contributed by atoms with E-state index in [0.29, 0.717) is 6.04 Å². The summed E-state index contributed by atoms with van der Waals surface area (Å²) >= 11 is 1.74. The molecule has 2 heterocycles. The van der Waals surface area contributed by atoms with Crippen LogP contribution in [0.1, 0.15) is 23.8 Å². The summed E-state index contributed by atoms with van der Waals surface area (Å²) < 4.78 is 5.33. The average molecular weight is 227 g/mol. The van der Waals surface area contributed by atoms with Crippen molar-refractivity contribution in [2.24, 2.45) is 0 Å². The van der Waals surface area contributed by atoms with Crippen LogP contribution in [0.4, 0.5) is 0 Å². The van der Waals surface area contributed by atoms with Gasteiger partial charge in [0.1, 0.15) is 0 Å². The zero-order valence-corrected chi connectivity index (χ0v) is 9.50. The van der Waals surface area contributed by atoms with Crippen LogP contribution < -0.4 is 5.32 Å². The predicted octanol–water partition coefficient (Wildman–Crippen LogP) is 1.55. The molecule has 2 atom stereocenters. The van der Waals surface area contributed by atoms with E-state index in [9.17, 15) is 0 Å². The monoisotopic (exact) mass is 227 g/mol. The maximum absolute atomic E-state index is 9.04. The summed E-state index contributed by atoms with van der Waals surface area (Å²) in [5.41, 5.74) is 0. The molecule has 0 saturated carbocycles. The molecule has 0 spiro atoms. The van der Waals surface area contributed by atoms with Crippen molar-refractivity contribution in [1.29, 1.82) is 0 Å². The number of hydrogen-bond acceptors (Lipinski definition) is 4. The number of nitrogens with one attached hydrogen (secondary N) is 1. The summed E-state index contributed by atoms with van der Waals surface area (Å²) in [4.78, 5) is 1.30. The molecule has 2 unspecified atom stereocenters. The van der Waals surface area contributed by atoms with E-state index < -0.39 is 0 Å². The SMILES string of the molecule is OCCC(NC1CCOC1)c1cccs1. The molecule has 84 valence electrons. The fourth-order valence-electron chi connectivity index (χ4n) is 1.88. The first kappa shape index (κ1) is 11.1. The minimum Gasteiger partial charge on any atom is -0.396 e. The van der Waals surface area contributed by atoms with Gasteiger partial charge in [-0.1, -0.05) is 6.07 Å². The van der Waals surface area contributed by atoms with Crippen LogP contribution in [0.15, 0.2) is 17.5 Å². The Hall–Kier alpha value is -0.420. The topological polar surface area (TPSA) is 41.5 Å². The normalized spacial score (nSPS) is 23.1. The molecule has 1 fully saturated rings. The summed E-state index contributed by atoms with van der Waals surface area (Å²) in [5, 5.41) is 14.7. The predicted molar refractivity (Wildman–Crippen MR) is 61.1 cm³/mol. The van der Waals surface area contributed by atoms with Crippen molar-refractivity contribution in [1.82, 2.24) is 5.32 Å². The minimum atomic E-state index is 0.225. The third kappa shape index (κ3) is 3.01. The molecule has 0 aromatic carbocycles. The summed E-state index contributed by atoms with van der Waals surface area (Å²) in [6, 6.07) is 4.90. The Balaban J connectivity index is 1.93. The van der Waals surface area contributed by atoms with E-state index in [1.54, 1.807) is 11.3 Å². The smallest absolute Gasteiger partial charge is 0.0620 e. The molecule has 0 amide bonds. The van der Waals surface area contributed by atoms with Gasteiger partial charge in [0.25, 0.3) is 0 Å². The lowest BCUT2D eigenvalue weighted by atomic mass is 10.1. The number of ether oxygens (including phenoxy) is 1. The maximum atomic E-state index is 9.04. The highest BCUT2D eigenvalue weighted by atomic mass is 32.1. The quantitative estimate of drug-likeness (QED) is 0.802. The van der Waals surface area contributed by atoms with Crippen LogP contribution in [0.25, 0.3) is 0 Å². The van der Waals surface area contributed by atoms with E-state index in [2.05, 4.69) is 22.8 Å². The molecule has 1 aliphatic rings. The molecular weight excluding hydrogens is 210 g/mol. The van der Waals surface area contributed by atoms with E-state index >= 15 is 0 Å². The van der Waals surface area contributed by atoms with Gasteiger partial charge in [-0.15, -0.1) is 11.3 Å². The fraction of sp³-hybridized carbons (Fsp3) is 0.636. The van der Waals surface area contributed by atoms with E-state index in [1.807, 2.05) is 0 Å². The molecule has 2 N–H and O–H groups in total. The molecule has 2 rings (SSSR count). The number of aliphatic hydroxyl groups is 1. The number of rotatable bonds is 5. The second-order valence-corrected chi connectivity index (χ2v) is 4.79. The van der Waals surface area contributed by atoms with Crippen molar-refractivity contribution in [3.8, 4) is 0 Å². The first-order valence-corrected chi connectivity index (χ1v) is 6.26. The highest BCUT2D eigenvalue weighted by Gasteiger charge is 2.20. The maximum Gasteiger partial charge on any atom is 0.0620 e. The van der Waals surface area contributed by atoms with Crippen molar-refractivity contribution in [2.75, 3.05) is 19.8 Å². The summed E-state index contributed by atoms with van der Waals surface area (Å²) in [7, 11) is 0. The minimum absolute atomic E-state index is 0.225. The molecule has 15 heavy (non-hydrogen) atoms. The standard InChI is InChI=1S/C11H17NO2S/c13-5-3-10(11-2-1-7-15-11)12-9-4-6-14-8-9/h1-2,7,9-10,12-13H,3-6,8H2. The van der Waals surface area contributed by atoms with Crippen LogP contribution in [0.3, 0.4) is 0 Å². The van der Waals surface area contributed by atoms with Crippen LogP contribution in [0, 0.1) is 0 Å². The van der Waals surface area contributed by atoms with Gasteiger partial charge in [0.2, 0.25) is 0 Å². The van der Waals surface area contributed by atoms with Gasteiger partial charge in [0.15, 0.2) is 0 Å². The first-order chi connectivity index (χ1) is 7.40. The van der Waals surface area contributed by atoms with Crippen molar-refractivity contribution < 1.29 is 9.84 Å². The Morgan fingerprint density at radius 1 is 1.67 bits per heavy atom. The van der Waals surface area contributed by atoms with Gasteiger partial charge in [-0.3, -0.25) is 0 Å². The molecule has 1 saturated heterocycles. The van der Waals surface area contributed by atoms with Crippen LogP contribution in [0.5, 0.6) is 0 Å². The zero-order valence-electron chi connectivity index (χ0n) is 8.69. The van der Waals surface area contributed by atoms with E-state index in [0.717, 1.165) is 26.1 Å². The molecular formula is C11H17NO2S. The van der Waals surface area contributed by atoms with Gasteiger partial charge in [-0.05, 0) is 24.3 Å². The van der Waals surface area contributed by atoms with E-state index in [1.165, 1.54) is 4.88 Å². The van der Waals surface area contributed by atoms with Crippen molar-refractivity contribution >= 4 is 11.3 Å². The number of aliphatic hydroxyl groups excluding tert-OH is 1. The lowest BCUT2D eigenvalue weighted by Gasteiger charge is -2.20. The summed E-state index contributed by atoms with van der Waals surface area (Å²) in [6.07, 6.45) is 1.85. The Bertz CT molecular complexity index is 270. The fourth-order valence-corrected chi connectivity index (χ4v) is 2.70. The van der Waals surface area contributed by atoms with Crippen LogP contribution in [-0.2, 0) is 4.74 Å². The Morgan fingerprint density at radius 3 is 3.20 bits per heavy atom. The third-order valence-corrected chi connectivity index (χ3v) is 3.66. The molecule has 1 aliphatic heterocycles. The van der Waals surface area contributed by atoms with Gasteiger partial charge in [-0.2, -0.15) is 0 Å². The molecule has 3 nitrogen and oxygen atoms in total. The molecule has 0 radical (unpaired) electrons. The summed E-state index contributed by atoms with van der Waals surface area (Å²) in [5.74, 6) is 0. The lowest BCUT2D eigenvalue weighted by Crippen LogP contribution is -2.33. The number of thiophene rings is 1. The van der Waals surface area contributed by atoms with Gasteiger partial charge in [-0.25, -0.2) is 0 Å². The lowest BCUT2D eigenvalue weighted by molar-refractivity contribution is 0.185. The second-order valence-electron chi connectivity index (χ2n) is 3.81. The van der Waals surface area contributed by atoms with E-state index in [-0.39, 0.29) is 12.6 Å². The van der Waals surface area contributed by atoms with Gasteiger partial charge < -0.3 is 15.2 Å². The van der Waals surface area contributed by atoms with Crippen molar-refractivity contribution in [3.63, 3.8) is 0 Å². The molecule has 1 aromatic rings. The van der Waals surface area contributed by atoms with Crippen LogP contribution in [-0.4, -0.2) is 31.0 Å². The largest absolute Gasteiger partial charge is 0.396 e. The Kier molecular flexibility index (Phi) is 4.14. The summed E-state index contributed by atoms with van der Waals surface area (Å²) in [6.45, 7) is 1.88. The van der Waals surface area contributed by atoms with Crippen molar-refractivity contribution in [2.45, 2.75) is 24.9 Å². The first-order valence-electron chi connectivity index (χ1n) is 5.38. The van der Waals surface area contributed by atoms with Crippen LogP contribution in [0.2, 0.25) is 0 Å². The highest BCUT2D eigenvalue weighted by molar-refractivity contribution is 7.10. The number of hydrogen-bond donors (Lipinski definition) is 2. The second kappa shape index (κ2) is 5.61. The zero-order chi connectivity index (χ0) is 10.5. The molecule has 0 aliphatic carbocycles. The average Bonchev–Trinajstić information content (AvgIpc) is 2.89. The molecule has 0 bridgehead atoms. The Morgan fingerprint density at radius 2 is 2.60 bits per heavy atom. The van der Waals surface area contributed by atoms with Gasteiger partial charge in [0, 0.05) is 30.2 Å². The van der Waals surface area contributed by atoms with Gasteiger partial charge in [0.05, 0.1) is 6.61 Å². The van der Waals surface area contributed by atoms with Crippen molar-refractivity contribution in [3.05, 3.63) is 22.4 Å². The Labute approximate surface area is 94.1 Å². The third-order valence-electron chi connectivity index (χ3n) is 2.67.